The van der Waals surface area contributed by atoms with Crippen LogP contribution in [0.5, 0.6) is 0 Å². The maximum Gasteiger partial charge on any atom is 0.306 e. The molecule has 1 fully saturated rings. The molecular formula is C22H28ClN5O5. The molecule has 0 unspecified atom stereocenters. The van der Waals surface area contributed by atoms with E-state index in [0.717, 1.165) is 0 Å². The van der Waals surface area contributed by atoms with Crippen LogP contribution in [0.25, 0.3) is 0 Å². The van der Waals surface area contributed by atoms with Crippen molar-refractivity contribution in [2.24, 2.45) is 5.41 Å². The Hall–Kier alpha value is -3.32. The second-order valence-corrected chi connectivity index (χ2v) is 9.39. The van der Waals surface area contributed by atoms with Gasteiger partial charge in [-0.25, -0.2) is 0 Å². The molecule has 0 aliphatic carbocycles. The Morgan fingerprint density at radius 2 is 1.97 bits per heavy atom. The van der Waals surface area contributed by atoms with Crippen molar-refractivity contribution < 1.29 is 24.3 Å². The van der Waals surface area contributed by atoms with Gasteiger partial charge in [0.25, 0.3) is 5.91 Å². The van der Waals surface area contributed by atoms with Crippen LogP contribution in [0.4, 0.5) is 5.69 Å². The van der Waals surface area contributed by atoms with Gasteiger partial charge >= 0.3 is 5.97 Å². The maximum absolute atomic E-state index is 13.5. The molecule has 0 saturated carbocycles. The minimum absolute atomic E-state index is 0.214. The molecule has 10 nitrogen and oxygen atoms in total. The van der Waals surface area contributed by atoms with Crippen LogP contribution in [-0.4, -0.2) is 58.4 Å². The molecule has 1 heterocycles. The van der Waals surface area contributed by atoms with Crippen LogP contribution in [0.1, 0.15) is 50.4 Å². The number of nitrogen functional groups attached to an aromatic ring is 1. The fraction of sp³-hybridized carbons (Fsp3) is 0.500. The largest absolute Gasteiger partial charge is 0.481 e. The van der Waals surface area contributed by atoms with Gasteiger partial charge in [0.1, 0.15) is 18.1 Å². The number of nitriles is 1. The number of rotatable bonds is 7. The summed E-state index contributed by atoms with van der Waals surface area (Å²) in [4.78, 5) is 51.3. The van der Waals surface area contributed by atoms with E-state index in [4.69, 9.17) is 27.7 Å². The van der Waals surface area contributed by atoms with Crippen molar-refractivity contribution in [3.8, 4) is 6.07 Å². The monoisotopic (exact) mass is 477 g/mol. The van der Waals surface area contributed by atoms with Crippen molar-refractivity contribution in [3.63, 3.8) is 0 Å². The molecule has 1 aromatic rings. The Balaban J connectivity index is 2.21. The summed E-state index contributed by atoms with van der Waals surface area (Å²) in [5, 5.41) is 23.3. The highest BCUT2D eigenvalue weighted by Crippen LogP contribution is 2.27. The SMILES string of the molecule is CC(C)(C)[C@H](NC(=O)c1ccc(N)c(Cl)c1)C(=O)N1CCC[C@H]1C(=O)N[C@H](C#N)CC(=O)O. The zero-order valence-electron chi connectivity index (χ0n) is 18.7. The first kappa shape index (κ1) is 25.9. The van der Waals surface area contributed by atoms with E-state index in [1.165, 1.54) is 23.1 Å². The summed E-state index contributed by atoms with van der Waals surface area (Å²) in [5.74, 6) is -2.78. The minimum Gasteiger partial charge on any atom is -0.481 e. The highest BCUT2D eigenvalue weighted by molar-refractivity contribution is 6.33. The summed E-state index contributed by atoms with van der Waals surface area (Å²) in [6.07, 6.45) is 0.368. The second-order valence-electron chi connectivity index (χ2n) is 8.99. The number of carbonyl (C=O) groups is 4. The number of nitrogens with one attached hydrogen (secondary N) is 2. The summed E-state index contributed by atoms with van der Waals surface area (Å²) in [7, 11) is 0. The van der Waals surface area contributed by atoms with Crippen LogP contribution in [0.15, 0.2) is 18.2 Å². The molecule has 1 aromatic carbocycles. The van der Waals surface area contributed by atoms with E-state index < -0.39 is 53.7 Å². The zero-order chi connectivity index (χ0) is 24.9. The lowest BCUT2D eigenvalue weighted by Crippen LogP contribution is -2.58. The average Bonchev–Trinajstić information content (AvgIpc) is 3.21. The van der Waals surface area contributed by atoms with Gasteiger partial charge in [-0.1, -0.05) is 32.4 Å². The van der Waals surface area contributed by atoms with Crippen LogP contribution in [-0.2, 0) is 14.4 Å². The standard InChI is InChI=1S/C22H28ClN5O5/c1-22(2,3)18(27-19(31)12-6-7-15(25)14(23)9-12)21(33)28-8-4-5-16(28)20(32)26-13(11-24)10-17(29)30/h6-7,9,13,16,18H,4-5,8,10,25H2,1-3H3,(H,26,32)(H,27,31)(H,29,30)/t13-,16-,18+/m0/s1. The Morgan fingerprint density at radius 3 is 2.52 bits per heavy atom. The van der Waals surface area contributed by atoms with Crippen molar-refractivity contribution >= 4 is 41.0 Å². The smallest absolute Gasteiger partial charge is 0.306 e. The van der Waals surface area contributed by atoms with Crippen LogP contribution in [0, 0.1) is 16.7 Å². The Kier molecular flexibility index (Phi) is 8.28. The van der Waals surface area contributed by atoms with Gasteiger partial charge in [-0.3, -0.25) is 19.2 Å². The van der Waals surface area contributed by atoms with Gasteiger partial charge in [0.05, 0.1) is 23.2 Å². The maximum atomic E-state index is 13.5. The van der Waals surface area contributed by atoms with E-state index in [9.17, 15) is 19.2 Å². The molecule has 1 aliphatic heterocycles. The first-order chi connectivity index (χ1) is 15.3. The second kappa shape index (κ2) is 10.5. The van der Waals surface area contributed by atoms with E-state index >= 15 is 0 Å². The number of hydrogen-bond acceptors (Lipinski definition) is 6. The van der Waals surface area contributed by atoms with Crippen molar-refractivity contribution in [3.05, 3.63) is 28.8 Å². The number of carboxylic acids is 1. The Labute approximate surface area is 197 Å². The highest BCUT2D eigenvalue weighted by atomic mass is 35.5. The van der Waals surface area contributed by atoms with Gasteiger partial charge in [-0.15, -0.1) is 0 Å². The molecular weight excluding hydrogens is 450 g/mol. The van der Waals surface area contributed by atoms with E-state index in [0.29, 0.717) is 25.1 Å². The van der Waals surface area contributed by atoms with E-state index in [2.05, 4.69) is 10.6 Å². The molecule has 1 saturated heterocycles. The summed E-state index contributed by atoms with van der Waals surface area (Å²) < 4.78 is 0. The number of nitrogens with two attached hydrogens (primary N) is 1. The van der Waals surface area contributed by atoms with Gasteiger partial charge < -0.3 is 26.4 Å². The van der Waals surface area contributed by atoms with E-state index in [1.54, 1.807) is 26.8 Å². The predicted molar refractivity (Wildman–Crippen MR) is 121 cm³/mol. The van der Waals surface area contributed by atoms with Gasteiger partial charge in [0, 0.05) is 12.1 Å². The zero-order valence-corrected chi connectivity index (χ0v) is 19.5. The average molecular weight is 478 g/mol. The number of amides is 3. The number of nitrogens with zero attached hydrogens (tertiary/aromatic N) is 2. The molecule has 0 bridgehead atoms. The predicted octanol–water partition coefficient (Wildman–Crippen LogP) is 1.54. The molecule has 2 rings (SSSR count). The highest BCUT2D eigenvalue weighted by Gasteiger charge is 2.42. The van der Waals surface area contributed by atoms with E-state index in [-0.39, 0.29) is 10.6 Å². The molecule has 33 heavy (non-hydrogen) atoms. The third-order valence-electron chi connectivity index (χ3n) is 5.34. The van der Waals surface area contributed by atoms with Crippen molar-refractivity contribution in [1.82, 2.24) is 15.5 Å². The number of hydrogen-bond donors (Lipinski definition) is 4. The molecule has 0 aromatic heterocycles. The number of aliphatic carboxylic acids is 1. The molecule has 3 amide bonds. The number of carboxylic acid groups (broad SMARTS) is 1. The number of anilines is 1. The number of likely N-dealkylation sites (tertiary alicyclic amines) is 1. The van der Waals surface area contributed by atoms with Gasteiger partial charge in [-0.05, 0) is 36.5 Å². The summed E-state index contributed by atoms with van der Waals surface area (Å²) >= 11 is 6.01. The fourth-order valence-corrected chi connectivity index (χ4v) is 3.75. The van der Waals surface area contributed by atoms with Gasteiger partial charge in [0.2, 0.25) is 11.8 Å². The third kappa shape index (κ3) is 6.58. The number of benzene rings is 1. The molecule has 1 aliphatic rings. The first-order valence-electron chi connectivity index (χ1n) is 10.4. The molecule has 11 heteroatoms. The molecule has 0 radical (unpaired) electrons. The fourth-order valence-electron chi connectivity index (χ4n) is 3.57. The van der Waals surface area contributed by atoms with Crippen molar-refractivity contribution in [1.29, 1.82) is 5.26 Å². The molecule has 178 valence electrons. The van der Waals surface area contributed by atoms with Crippen LogP contribution >= 0.6 is 11.6 Å². The molecule has 5 N–H and O–H groups in total. The normalized spacial score (nSPS) is 17.5. The van der Waals surface area contributed by atoms with Crippen molar-refractivity contribution in [2.45, 2.75) is 58.2 Å². The quantitative estimate of drug-likeness (QED) is 0.432. The molecule has 0 spiro atoms. The van der Waals surface area contributed by atoms with Gasteiger partial charge in [-0.2, -0.15) is 5.26 Å². The summed E-state index contributed by atoms with van der Waals surface area (Å²) in [6.45, 7) is 5.66. The van der Waals surface area contributed by atoms with Crippen LogP contribution in [0.3, 0.4) is 0 Å². The Morgan fingerprint density at radius 1 is 1.30 bits per heavy atom. The van der Waals surface area contributed by atoms with E-state index in [1.807, 2.05) is 0 Å². The Bertz CT molecular complexity index is 984. The minimum atomic E-state index is -1.22. The van der Waals surface area contributed by atoms with Crippen LogP contribution in [0.2, 0.25) is 5.02 Å². The lowest BCUT2D eigenvalue weighted by molar-refractivity contribution is -0.142. The summed E-state index contributed by atoms with van der Waals surface area (Å²) in [6, 6.07) is 3.11. The van der Waals surface area contributed by atoms with Crippen LogP contribution < -0.4 is 16.4 Å². The number of carbonyl (C=O) groups excluding carboxylic acids is 3. The first-order valence-corrected chi connectivity index (χ1v) is 10.8. The lowest BCUT2D eigenvalue weighted by Gasteiger charge is -2.35. The van der Waals surface area contributed by atoms with Gasteiger partial charge in [0.15, 0.2) is 0 Å². The van der Waals surface area contributed by atoms with Crippen molar-refractivity contribution in [2.75, 3.05) is 12.3 Å². The lowest BCUT2D eigenvalue weighted by atomic mass is 9.85. The molecule has 3 atom stereocenters. The summed E-state index contributed by atoms with van der Waals surface area (Å²) in [5.41, 5.74) is 5.56. The number of halogens is 1. The third-order valence-corrected chi connectivity index (χ3v) is 5.67. The topological polar surface area (TPSA) is 166 Å².